The Morgan fingerprint density at radius 2 is 1.90 bits per heavy atom. The maximum atomic E-state index is 11.8. The van der Waals surface area contributed by atoms with E-state index >= 15 is 0 Å². The van der Waals surface area contributed by atoms with Gasteiger partial charge in [0.05, 0.1) is 6.10 Å². The number of benzene rings is 1. The summed E-state index contributed by atoms with van der Waals surface area (Å²) in [4.78, 5) is 11.8. The minimum atomic E-state index is -0.496. The van der Waals surface area contributed by atoms with Gasteiger partial charge in [0.1, 0.15) is 5.60 Å². The van der Waals surface area contributed by atoms with Crippen LogP contribution in [0.3, 0.4) is 0 Å². The number of carbonyl (C=O) groups excluding carboxylic acids is 1. The fourth-order valence-corrected chi connectivity index (χ4v) is 2.84. The van der Waals surface area contributed by atoms with E-state index in [2.05, 4.69) is 17.4 Å². The van der Waals surface area contributed by atoms with Crippen molar-refractivity contribution >= 4 is 6.09 Å². The van der Waals surface area contributed by atoms with Crippen molar-refractivity contribution in [2.75, 3.05) is 0 Å². The molecule has 1 aromatic carbocycles. The highest BCUT2D eigenvalue weighted by atomic mass is 16.6. The Balaban J connectivity index is 1.88. The smallest absolute Gasteiger partial charge is 0.407 e. The molecule has 3 atom stereocenters. The van der Waals surface area contributed by atoms with Crippen LogP contribution in [-0.2, 0) is 4.74 Å². The molecule has 2 rings (SSSR count). The van der Waals surface area contributed by atoms with E-state index < -0.39 is 17.8 Å². The van der Waals surface area contributed by atoms with Gasteiger partial charge in [0.25, 0.3) is 0 Å². The van der Waals surface area contributed by atoms with Crippen molar-refractivity contribution in [1.82, 2.24) is 5.32 Å². The summed E-state index contributed by atoms with van der Waals surface area (Å²) in [5.74, 6) is 0.155. The van der Waals surface area contributed by atoms with E-state index in [0.717, 1.165) is 12.8 Å². The van der Waals surface area contributed by atoms with Crippen LogP contribution in [0.25, 0.3) is 0 Å². The lowest BCUT2D eigenvalue weighted by Gasteiger charge is -2.34. The summed E-state index contributed by atoms with van der Waals surface area (Å²) in [5, 5.41) is 13.2. The van der Waals surface area contributed by atoms with E-state index in [1.165, 1.54) is 5.56 Å². The lowest BCUT2D eigenvalue weighted by Crippen LogP contribution is -2.44. The van der Waals surface area contributed by atoms with E-state index in [9.17, 15) is 9.90 Å². The van der Waals surface area contributed by atoms with E-state index in [1.54, 1.807) is 0 Å². The third kappa shape index (κ3) is 4.74. The van der Waals surface area contributed by atoms with Gasteiger partial charge in [-0.15, -0.1) is 0 Å². The van der Waals surface area contributed by atoms with E-state index in [4.69, 9.17) is 4.74 Å². The first-order valence-electron chi connectivity index (χ1n) is 7.57. The number of rotatable bonds is 2. The molecule has 4 heteroatoms. The third-order valence-electron chi connectivity index (χ3n) is 3.77. The zero-order valence-corrected chi connectivity index (χ0v) is 13.0. The number of aliphatic hydroxyl groups is 1. The monoisotopic (exact) mass is 291 g/mol. The first-order chi connectivity index (χ1) is 9.85. The highest BCUT2D eigenvalue weighted by Gasteiger charge is 2.31. The van der Waals surface area contributed by atoms with Crippen molar-refractivity contribution in [2.24, 2.45) is 0 Å². The van der Waals surface area contributed by atoms with Gasteiger partial charge in [0.15, 0.2) is 0 Å². The molecule has 1 aliphatic rings. The molecule has 21 heavy (non-hydrogen) atoms. The molecular formula is C17H25NO3. The highest BCUT2D eigenvalue weighted by Crippen LogP contribution is 2.33. The predicted octanol–water partition coefficient (Wildman–Crippen LogP) is 3.21. The van der Waals surface area contributed by atoms with Crippen LogP contribution in [0.1, 0.15) is 51.5 Å². The largest absolute Gasteiger partial charge is 0.444 e. The van der Waals surface area contributed by atoms with Crippen molar-refractivity contribution in [1.29, 1.82) is 0 Å². The first kappa shape index (κ1) is 15.8. The number of ether oxygens (including phenoxy) is 1. The van der Waals surface area contributed by atoms with Gasteiger partial charge in [-0.1, -0.05) is 30.3 Å². The van der Waals surface area contributed by atoms with Gasteiger partial charge < -0.3 is 15.2 Å². The number of aliphatic hydroxyl groups excluding tert-OH is 1. The summed E-state index contributed by atoms with van der Waals surface area (Å²) in [5.41, 5.74) is 0.671. The average Bonchev–Trinajstić information content (AvgIpc) is 2.37. The highest BCUT2D eigenvalue weighted by molar-refractivity contribution is 5.68. The second kappa shape index (κ2) is 6.48. The Morgan fingerprint density at radius 1 is 1.24 bits per heavy atom. The van der Waals surface area contributed by atoms with Crippen LogP contribution >= 0.6 is 0 Å². The Morgan fingerprint density at radius 3 is 2.48 bits per heavy atom. The van der Waals surface area contributed by atoms with E-state index in [-0.39, 0.29) is 12.0 Å². The topological polar surface area (TPSA) is 58.6 Å². The van der Waals surface area contributed by atoms with Gasteiger partial charge in [-0.05, 0) is 45.6 Å². The minimum Gasteiger partial charge on any atom is -0.444 e. The van der Waals surface area contributed by atoms with Crippen LogP contribution in [0.5, 0.6) is 0 Å². The van der Waals surface area contributed by atoms with Crippen molar-refractivity contribution in [2.45, 2.75) is 63.7 Å². The quantitative estimate of drug-likeness (QED) is 0.879. The number of hydrogen-bond acceptors (Lipinski definition) is 3. The standard InChI is InChI=1S/C17H25NO3/c1-17(2,3)21-16(20)18-13-9-10-14(15(19)11-13)12-7-5-4-6-8-12/h4-8,13-15,19H,9-11H2,1-3H3,(H,18,20)/t13-,14-,15-/m1/s1. The molecule has 1 amide bonds. The van der Waals surface area contributed by atoms with Crippen molar-refractivity contribution in [3.63, 3.8) is 0 Å². The van der Waals surface area contributed by atoms with Crippen LogP contribution in [0.2, 0.25) is 0 Å². The number of carbonyl (C=O) groups is 1. The third-order valence-corrected chi connectivity index (χ3v) is 3.77. The van der Waals surface area contributed by atoms with Crippen molar-refractivity contribution < 1.29 is 14.6 Å². The Bertz CT molecular complexity index is 467. The maximum absolute atomic E-state index is 11.8. The summed E-state index contributed by atoms with van der Waals surface area (Å²) in [6, 6.07) is 10.0. The van der Waals surface area contributed by atoms with Crippen LogP contribution in [0, 0.1) is 0 Å². The van der Waals surface area contributed by atoms with Crippen molar-refractivity contribution in [3.8, 4) is 0 Å². The summed E-state index contributed by atoms with van der Waals surface area (Å²) < 4.78 is 5.26. The molecule has 4 nitrogen and oxygen atoms in total. The molecule has 0 aromatic heterocycles. The number of nitrogens with one attached hydrogen (secondary N) is 1. The van der Waals surface area contributed by atoms with Gasteiger partial charge >= 0.3 is 6.09 Å². The maximum Gasteiger partial charge on any atom is 0.407 e. The fraction of sp³-hybridized carbons (Fsp3) is 0.588. The van der Waals surface area contributed by atoms with Crippen molar-refractivity contribution in [3.05, 3.63) is 35.9 Å². The Labute approximate surface area is 126 Å². The molecule has 0 unspecified atom stereocenters. The number of amides is 1. The summed E-state index contributed by atoms with van der Waals surface area (Å²) in [7, 11) is 0. The van der Waals surface area contributed by atoms with Gasteiger partial charge in [-0.25, -0.2) is 4.79 Å². The predicted molar refractivity (Wildman–Crippen MR) is 82.2 cm³/mol. The number of alkyl carbamates (subject to hydrolysis) is 1. The fourth-order valence-electron chi connectivity index (χ4n) is 2.84. The first-order valence-corrected chi connectivity index (χ1v) is 7.57. The molecule has 0 radical (unpaired) electrons. The molecular weight excluding hydrogens is 266 g/mol. The summed E-state index contributed by atoms with van der Waals surface area (Å²) >= 11 is 0. The van der Waals surface area contributed by atoms with Crippen LogP contribution < -0.4 is 5.32 Å². The molecule has 1 saturated carbocycles. The molecule has 0 saturated heterocycles. The molecule has 2 N–H and O–H groups in total. The normalized spacial score (nSPS) is 26.2. The Hall–Kier alpha value is -1.55. The molecule has 0 spiro atoms. The lowest BCUT2D eigenvalue weighted by molar-refractivity contribution is 0.0426. The molecule has 0 aliphatic heterocycles. The molecule has 116 valence electrons. The minimum absolute atomic E-state index is 0.0187. The van der Waals surface area contributed by atoms with Crippen LogP contribution in [0.15, 0.2) is 30.3 Å². The van der Waals surface area contributed by atoms with Crippen LogP contribution in [0.4, 0.5) is 4.79 Å². The average molecular weight is 291 g/mol. The zero-order valence-electron chi connectivity index (χ0n) is 13.0. The lowest BCUT2D eigenvalue weighted by atomic mass is 9.79. The summed E-state index contributed by atoms with van der Waals surface area (Å²) in [6.07, 6.45) is 1.46. The molecule has 0 heterocycles. The Kier molecular flexibility index (Phi) is 4.88. The van der Waals surface area contributed by atoms with Crippen LogP contribution in [-0.4, -0.2) is 28.9 Å². The van der Waals surface area contributed by atoms with E-state index in [1.807, 2.05) is 39.0 Å². The van der Waals surface area contributed by atoms with Gasteiger partial charge in [-0.3, -0.25) is 0 Å². The SMILES string of the molecule is CC(C)(C)OC(=O)N[C@@H]1CC[C@H](c2ccccc2)[C@H](O)C1. The molecule has 1 fully saturated rings. The summed E-state index contributed by atoms with van der Waals surface area (Å²) in [6.45, 7) is 5.52. The molecule has 1 aliphatic carbocycles. The van der Waals surface area contributed by atoms with Gasteiger partial charge in [-0.2, -0.15) is 0 Å². The number of hydrogen-bond donors (Lipinski definition) is 2. The molecule has 0 bridgehead atoms. The second-order valence-electron chi connectivity index (χ2n) is 6.74. The van der Waals surface area contributed by atoms with Gasteiger partial charge in [0, 0.05) is 12.0 Å². The zero-order chi connectivity index (χ0) is 15.5. The van der Waals surface area contributed by atoms with E-state index in [0.29, 0.717) is 6.42 Å². The van der Waals surface area contributed by atoms with Gasteiger partial charge in [0.2, 0.25) is 0 Å². The molecule has 1 aromatic rings. The second-order valence-corrected chi connectivity index (χ2v) is 6.74.